The van der Waals surface area contributed by atoms with Crippen LogP contribution >= 0.6 is 23.4 Å². The molecular formula is C17H14ClNO2S. The van der Waals surface area contributed by atoms with E-state index >= 15 is 0 Å². The summed E-state index contributed by atoms with van der Waals surface area (Å²) in [7, 11) is 1.64. The number of thioether (sulfide) groups is 1. The topological polar surface area (TPSA) is 35.3 Å². The number of hydrogen-bond donors (Lipinski definition) is 0. The van der Waals surface area contributed by atoms with E-state index in [2.05, 4.69) is 4.98 Å². The van der Waals surface area contributed by atoms with E-state index in [-0.39, 0.29) is 0 Å². The van der Waals surface area contributed by atoms with Crippen LogP contribution in [0.1, 0.15) is 5.69 Å². The third kappa shape index (κ3) is 3.46. The van der Waals surface area contributed by atoms with Gasteiger partial charge in [-0.3, -0.25) is 0 Å². The molecule has 2 aromatic carbocycles. The van der Waals surface area contributed by atoms with Crippen molar-refractivity contribution >= 4 is 23.4 Å². The highest BCUT2D eigenvalue weighted by atomic mass is 35.5. The Morgan fingerprint density at radius 3 is 2.64 bits per heavy atom. The lowest BCUT2D eigenvalue weighted by atomic mass is 10.2. The van der Waals surface area contributed by atoms with Gasteiger partial charge in [-0.2, -0.15) is 0 Å². The van der Waals surface area contributed by atoms with E-state index in [0.717, 1.165) is 26.9 Å². The van der Waals surface area contributed by atoms with Gasteiger partial charge in [0.1, 0.15) is 12.0 Å². The Morgan fingerprint density at radius 2 is 1.91 bits per heavy atom. The van der Waals surface area contributed by atoms with Crippen molar-refractivity contribution in [3.63, 3.8) is 0 Å². The average Bonchev–Trinajstić information content (AvgIpc) is 3.03. The summed E-state index contributed by atoms with van der Waals surface area (Å²) in [6, 6.07) is 15.4. The number of aromatic nitrogens is 1. The molecule has 0 aliphatic carbocycles. The fourth-order valence-electron chi connectivity index (χ4n) is 1.95. The number of nitrogens with zero attached hydrogens (tertiary/aromatic N) is 1. The van der Waals surface area contributed by atoms with Gasteiger partial charge in [-0.25, -0.2) is 4.98 Å². The first kappa shape index (κ1) is 15.0. The first-order valence-corrected chi connectivity index (χ1v) is 8.09. The Hall–Kier alpha value is -1.91. The normalized spacial score (nSPS) is 10.6. The summed E-state index contributed by atoms with van der Waals surface area (Å²) in [6.45, 7) is 0. The quantitative estimate of drug-likeness (QED) is 0.594. The predicted molar refractivity (Wildman–Crippen MR) is 89.5 cm³/mol. The van der Waals surface area contributed by atoms with Crippen LogP contribution in [0.4, 0.5) is 0 Å². The van der Waals surface area contributed by atoms with Gasteiger partial charge < -0.3 is 9.15 Å². The summed E-state index contributed by atoms with van der Waals surface area (Å²) < 4.78 is 10.7. The van der Waals surface area contributed by atoms with Crippen molar-refractivity contribution < 1.29 is 9.15 Å². The van der Waals surface area contributed by atoms with Crippen molar-refractivity contribution in [1.82, 2.24) is 4.98 Å². The maximum atomic E-state index is 6.14. The number of oxazole rings is 1. The zero-order valence-corrected chi connectivity index (χ0v) is 13.5. The lowest BCUT2D eigenvalue weighted by Gasteiger charge is -2.01. The monoisotopic (exact) mass is 331 g/mol. The van der Waals surface area contributed by atoms with E-state index in [0.29, 0.717) is 11.6 Å². The molecule has 22 heavy (non-hydrogen) atoms. The number of methoxy groups -OCH3 is 1. The maximum Gasteiger partial charge on any atom is 0.226 e. The summed E-state index contributed by atoms with van der Waals surface area (Å²) in [5, 5.41) is 0.756. The molecule has 0 fully saturated rings. The lowest BCUT2D eigenvalue weighted by molar-refractivity contribution is 0.415. The zero-order chi connectivity index (χ0) is 15.4. The van der Waals surface area contributed by atoms with Crippen LogP contribution in [0.5, 0.6) is 5.75 Å². The fourth-order valence-corrected chi connectivity index (χ4v) is 3.07. The molecule has 0 spiro atoms. The molecule has 0 amide bonds. The maximum absolute atomic E-state index is 6.14. The second kappa shape index (κ2) is 6.90. The third-order valence-corrected chi connectivity index (χ3v) is 4.65. The molecule has 0 saturated carbocycles. The van der Waals surface area contributed by atoms with Crippen molar-refractivity contribution in [3.8, 4) is 17.2 Å². The van der Waals surface area contributed by atoms with Gasteiger partial charge in [-0.05, 0) is 36.4 Å². The summed E-state index contributed by atoms with van der Waals surface area (Å²) in [5.41, 5.74) is 1.81. The van der Waals surface area contributed by atoms with Crippen molar-refractivity contribution in [3.05, 3.63) is 65.5 Å². The van der Waals surface area contributed by atoms with E-state index in [1.165, 1.54) is 0 Å². The number of ether oxygens (including phenoxy) is 1. The van der Waals surface area contributed by atoms with Gasteiger partial charge in [0.15, 0.2) is 0 Å². The van der Waals surface area contributed by atoms with E-state index in [9.17, 15) is 0 Å². The van der Waals surface area contributed by atoms with Gasteiger partial charge in [0.2, 0.25) is 5.89 Å². The molecule has 1 aromatic heterocycles. The van der Waals surface area contributed by atoms with Crippen molar-refractivity contribution in [1.29, 1.82) is 0 Å². The largest absolute Gasteiger partial charge is 0.497 e. The van der Waals surface area contributed by atoms with E-state index in [1.807, 2.05) is 48.5 Å². The van der Waals surface area contributed by atoms with Gasteiger partial charge in [-0.15, -0.1) is 11.8 Å². The molecule has 1 heterocycles. The van der Waals surface area contributed by atoms with Crippen LogP contribution in [-0.2, 0) is 5.75 Å². The van der Waals surface area contributed by atoms with Crippen LogP contribution in [0.15, 0.2) is 64.1 Å². The molecule has 0 N–H and O–H groups in total. The highest BCUT2D eigenvalue weighted by molar-refractivity contribution is 7.98. The van der Waals surface area contributed by atoms with Gasteiger partial charge >= 0.3 is 0 Å². The van der Waals surface area contributed by atoms with Crippen LogP contribution < -0.4 is 4.74 Å². The zero-order valence-electron chi connectivity index (χ0n) is 12.0. The Bertz CT molecular complexity index is 755. The van der Waals surface area contributed by atoms with Crippen LogP contribution in [0.25, 0.3) is 11.5 Å². The van der Waals surface area contributed by atoms with Gasteiger partial charge in [0.25, 0.3) is 0 Å². The van der Waals surface area contributed by atoms with Crippen LogP contribution in [0, 0.1) is 0 Å². The molecule has 0 bridgehead atoms. The molecule has 3 rings (SSSR count). The number of hydrogen-bond acceptors (Lipinski definition) is 4. The van der Waals surface area contributed by atoms with E-state index in [1.54, 1.807) is 25.1 Å². The number of rotatable bonds is 5. The van der Waals surface area contributed by atoms with Crippen LogP contribution in [0.2, 0.25) is 5.02 Å². The van der Waals surface area contributed by atoms with E-state index < -0.39 is 0 Å². The minimum Gasteiger partial charge on any atom is -0.497 e. The Kier molecular flexibility index (Phi) is 4.71. The second-order valence-corrected chi connectivity index (χ2v) is 6.02. The Morgan fingerprint density at radius 1 is 1.14 bits per heavy atom. The Labute approximate surface area is 138 Å². The molecule has 0 unspecified atom stereocenters. The minimum absolute atomic E-state index is 0.609. The molecule has 3 aromatic rings. The molecular weight excluding hydrogens is 318 g/mol. The highest BCUT2D eigenvalue weighted by Crippen LogP contribution is 2.30. The summed E-state index contributed by atoms with van der Waals surface area (Å²) in [4.78, 5) is 5.55. The first-order chi connectivity index (χ1) is 10.8. The standard InChI is InChI=1S/C17H14ClNO2S/c1-20-14-8-6-12(7-9-14)17-19-13(10-21-17)11-22-16-5-3-2-4-15(16)18/h2-10H,11H2,1H3. The Balaban J connectivity index is 1.69. The summed E-state index contributed by atoms with van der Waals surface area (Å²) >= 11 is 7.78. The molecule has 0 saturated heterocycles. The molecule has 5 heteroatoms. The number of halogens is 1. The second-order valence-electron chi connectivity index (χ2n) is 4.59. The molecule has 0 radical (unpaired) electrons. The number of benzene rings is 2. The smallest absolute Gasteiger partial charge is 0.226 e. The minimum atomic E-state index is 0.609. The molecule has 112 valence electrons. The molecule has 0 aliphatic heterocycles. The van der Waals surface area contributed by atoms with Crippen molar-refractivity contribution in [2.75, 3.05) is 7.11 Å². The highest BCUT2D eigenvalue weighted by Gasteiger charge is 2.08. The van der Waals surface area contributed by atoms with Gasteiger partial charge in [0.05, 0.1) is 17.8 Å². The van der Waals surface area contributed by atoms with Crippen LogP contribution in [-0.4, -0.2) is 12.1 Å². The van der Waals surface area contributed by atoms with Crippen LogP contribution in [0.3, 0.4) is 0 Å². The first-order valence-electron chi connectivity index (χ1n) is 6.72. The molecule has 0 aliphatic rings. The third-order valence-electron chi connectivity index (χ3n) is 3.10. The SMILES string of the molecule is COc1ccc(-c2nc(CSc3ccccc3Cl)co2)cc1. The van der Waals surface area contributed by atoms with Gasteiger partial charge in [0, 0.05) is 16.2 Å². The molecule has 0 atom stereocenters. The van der Waals surface area contributed by atoms with Crippen molar-refractivity contribution in [2.24, 2.45) is 0 Å². The van der Waals surface area contributed by atoms with E-state index in [4.69, 9.17) is 20.8 Å². The lowest BCUT2D eigenvalue weighted by Crippen LogP contribution is -1.84. The average molecular weight is 332 g/mol. The van der Waals surface area contributed by atoms with Gasteiger partial charge in [-0.1, -0.05) is 23.7 Å². The van der Waals surface area contributed by atoms with Crippen molar-refractivity contribution in [2.45, 2.75) is 10.6 Å². The fraction of sp³-hybridized carbons (Fsp3) is 0.118. The summed E-state index contributed by atoms with van der Waals surface area (Å²) in [6.07, 6.45) is 1.68. The molecule has 3 nitrogen and oxygen atoms in total. The summed E-state index contributed by atoms with van der Waals surface area (Å²) in [5.74, 6) is 2.13. The predicted octanol–water partition coefficient (Wildman–Crippen LogP) is 5.30.